The van der Waals surface area contributed by atoms with Crippen LogP contribution >= 0.6 is 0 Å². The van der Waals surface area contributed by atoms with Crippen LogP contribution in [-0.4, -0.2) is 29.3 Å². The Labute approximate surface area is 94.3 Å². The van der Waals surface area contributed by atoms with Gasteiger partial charge in [0.05, 0.1) is 18.0 Å². The predicted molar refractivity (Wildman–Crippen MR) is 64.6 cm³/mol. The lowest BCUT2D eigenvalue weighted by atomic mass is 10.1. The van der Waals surface area contributed by atoms with E-state index in [1.807, 2.05) is 24.5 Å². The molecule has 1 aliphatic rings. The number of benzene rings is 1. The Balaban J connectivity index is 2.09. The molecule has 1 aromatic heterocycles. The Morgan fingerprint density at radius 2 is 2.12 bits per heavy atom. The van der Waals surface area contributed by atoms with Crippen molar-refractivity contribution < 1.29 is 5.11 Å². The largest absolute Gasteiger partial charge is 0.391 e. The number of hydrogen-bond donors (Lipinski definition) is 1. The fraction of sp³-hybridized carbons (Fsp3) is 0.308. The summed E-state index contributed by atoms with van der Waals surface area (Å²) in [5.74, 6) is 0. The van der Waals surface area contributed by atoms with Crippen molar-refractivity contribution in [3.63, 3.8) is 0 Å². The number of pyridine rings is 1. The molecule has 2 aromatic rings. The maximum Gasteiger partial charge on any atom is 0.0731 e. The smallest absolute Gasteiger partial charge is 0.0731 e. The SMILES string of the molecule is OC1CCN(c2cncc3ccccc23)C1. The van der Waals surface area contributed by atoms with Crippen LogP contribution in [0, 0.1) is 0 Å². The van der Waals surface area contributed by atoms with Crippen LogP contribution in [0.25, 0.3) is 10.8 Å². The zero-order valence-electron chi connectivity index (χ0n) is 9.00. The van der Waals surface area contributed by atoms with E-state index in [1.54, 1.807) is 0 Å². The molecule has 1 saturated heterocycles. The van der Waals surface area contributed by atoms with Gasteiger partial charge < -0.3 is 10.0 Å². The highest BCUT2D eigenvalue weighted by atomic mass is 16.3. The van der Waals surface area contributed by atoms with Crippen LogP contribution in [0.3, 0.4) is 0 Å². The highest BCUT2D eigenvalue weighted by Gasteiger charge is 2.21. The van der Waals surface area contributed by atoms with Gasteiger partial charge in [-0.1, -0.05) is 24.3 Å². The molecule has 0 amide bonds. The quantitative estimate of drug-likeness (QED) is 0.786. The second-order valence-corrected chi connectivity index (χ2v) is 4.27. The third-order valence-electron chi connectivity index (χ3n) is 3.15. The zero-order chi connectivity index (χ0) is 11.0. The van der Waals surface area contributed by atoms with Gasteiger partial charge >= 0.3 is 0 Å². The summed E-state index contributed by atoms with van der Waals surface area (Å²) in [6.07, 6.45) is 4.42. The number of fused-ring (bicyclic) bond motifs is 1. The van der Waals surface area contributed by atoms with Crippen LogP contribution in [0.5, 0.6) is 0 Å². The number of rotatable bonds is 1. The van der Waals surface area contributed by atoms with Gasteiger partial charge in [0.2, 0.25) is 0 Å². The molecule has 3 rings (SSSR count). The van der Waals surface area contributed by atoms with Gasteiger partial charge in [0.15, 0.2) is 0 Å². The van der Waals surface area contributed by atoms with Crippen molar-refractivity contribution in [3.8, 4) is 0 Å². The lowest BCUT2D eigenvalue weighted by Gasteiger charge is -2.19. The minimum absolute atomic E-state index is 0.195. The van der Waals surface area contributed by atoms with Gasteiger partial charge in [0.1, 0.15) is 0 Å². The third-order valence-corrected chi connectivity index (χ3v) is 3.15. The van der Waals surface area contributed by atoms with Crippen LogP contribution in [0.4, 0.5) is 5.69 Å². The topological polar surface area (TPSA) is 36.4 Å². The monoisotopic (exact) mass is 214 g/mol. The summed E-state index contributed by atoms with van der Waals surface area (Å²) in [6, 6.07) is 8.24. The molecule has 3 nitrogen and oxygen atoms in total. The summed E-state index contributed by atoms with van der Waals surface area (Å²) < 4.78 is 0. The average Bonchev–Trinajstić information content (AvgIpc) is 2.75. The first kappa shape index (κ1) is 9.60. The highest BCUT2D eigenvalue weighted by molar-refractivity contribution is 5.93. The predicted octanol–water partition coefficient (Wildman–Crippen LogP) is 1.81. The van der Waals surface area contributed by atoms with Gasteiger partial charge in [0.25, 0.3) is 0 Å². The summed E-state index contributed by atoms with van der Waals surface area (Å²) in [6.45, 7) is 1.63. The molecular formula is C13H14N2O. The molecule has 16 heavy (non-hydrogen) atoms. The van der Waals surface area contributed by atoms with Crippen LogP contribution in [0.1, 0.15) is 6.42 Å². The fourth-order valence-electron chi connectivity index (χ4n) is 2.31. The molecule has 0 saturated carbocycles. The second-order valence-electron chi connectivity index (χ2n) is 4.27. The second kappa shape index (κ2) is 3.76. The molecule has 0 bridgehead atoms. The van der Waals surface area contributed by atoms with Crippen LogP contribution < -0.4 is 4.90 Å². The standard InChI is InChI=1S/C13H14N2O/c16-11-5-6-15(9-11)13-8-14-7-10-3-1-2-4-12(10)13/h1-4,7-8,11,16H,5-6,9H2. The van der Waals surface area contributed by atoms with Crippen LogP contribution in [0.2, 0.25) is 0 Å². The summed E-state index contributed by atoms with van der Waals surface area (Å²) in [4.78, 5) is 6.47. The van der Waals surface area contributed by atoms with E-state index in [9.17, 15) is 5.11 Å². The van der Waals surface area contributed by atoms with Gasteiger partial charge in [-0.3, -0.25) is 4.98 Å². The minimum atomic E-state index is -0.195. The Hall–Kier alpha value is -1.61. The van der Waals surface area contributed by atoms with E-state index >= 15 is 0 Å². The summed E-state index contributed by atoms with van der Waals surface area (Å²) in [5, 5.41) is 11.9. The average molecular weight is 214 g/mol. The van der Waals surface area contributed by atoms with E-state index in [0.717, 1.165) is 30.6 Å². The summed E-state index contributed by atoms with van der Waals surface area (Å²) >= 11 is 0. The number of β-amino-alcohol motifs (C(OH)–C–C–N with tert-alkyl or cyclic N) is 1. The van der Waals surface area contributed by atoms with Crippen molar-refractivity contribution in [3.05, 3.63) is 36.7 Å². The first-order valence-corrected chi connectivity index (χ1v) is 5.60. The van der Waals surface area contributed by atoms with Crippen molar-refractivity contribution in [2.24, 2.45) is 0 Å². The van der Waals surface area contributed by atoms with Crippen molar-refractivity contribution in [2.45, 2.75) is 12.5 Å². The first-order valence-electron chi connectivity index (χ1n) is 5.60. The Bertz CT molecular complexity index is 507. The maximum absolute atomic E-state index is 9.57. The van der Waals surface area contributed by atoms with Gasteiger partial charge in [-0.15, -0.1) is 0 Å². The molecule has 1 fully saturated rings. The molecule has 0 aliphatic carbocycles. The minimum Gasteiger partial charge on any atom is -0.391 e. The molecule has 1 aromatic carbocycles. The molecule has 0 radical (unpaired) electrons. The Morgan fingerprint density at radius 1 is 1.25 bits per heavy atom. The molecule has 1 aliphatic heterocycles. The molecule has 82 valence electrons. The molecule has 2 heterocycles. The molecule has 1 atom stereocenters. The summed E-state index contributed by atoms with van der Waals surface area (Å²) in [5.41, 5.74) is 1.13. The molecule has 1 N–H and O–H groups in total. The maximum atomic E-state index is 9.57. The van der Waals surface area contributed by atoms with Gasteiger partial charge in [-0.25, -0.2) is 0 Å². The van der Waals surface area contributed by atoms with Crippen LogP contribution in [0.15, 0.2) is 36.7 Å². The van der Waals surface area contributed by atoms with E-state index < -0.39 is 0 Å². The van der Waals surface area contributed by atoms with E-state index in [-0.39, 0.29) is 6.10 Å². The van der Waals surface area contributed by atoms with Gasteiger partial charge in [-0.05, 0) is 6.42 Å². The lowest BCUT2D eigenvalue weighted by Crippen LogP contribution is -2.21. The van der Waals surface area contributed by atoms with E-state index in [4.69, 9.17) is 0 Å². The lowest BCUT2D eigenvalue weighted by molar-refractivity contribution is 0.198. The van der Waals surface area contributed by atoms with E-state index in [2.05, 4.69) is 22.0 Å². The number of aliphatic hydroxyl groups is 1. The van der Waals surface area contributed by atoms with Gasteiger partial charge in [-0.2, -0.15) is 0 Å². The number of hydrogen-bond acceptors (Lipinski definition) is 3. The van der Waals surface area contributed by atoms with E-state index in [0.29, 0.717) is 0 Å². The molecular weight excluding hydrogens is 200 g/mol. The Kier molecular flexibility index (Phi) is 2.26. The molecule has 1 unspecified atom stereocenters. The summed E-state index contributed by atoms with van der Waals surface area (Å²) in [7, 11) is 0. The van der Waals surface area contributed by atoms with E-state index in [1.165, 1.54) is 5.39 Å². The number of anilines is 1. The first-order chi connectivity index (χ1) is 7.84. The Morgan fingerprint density at radius 3 is 2.94 bits per heavy atom. The van der Waals surface area contributed by atoms with Crippen molar-refractivity contribution >= 4 is 16.5 Å². The third kappa shape index (κ3) is 1.53. The number of aromatic nitrogens is 1. The van der Waals surface area contributed by atoms with Crippen molar-refractivity contribution in [2.75, 3.05) is 18.0 Å². The van der Waals surface area contributed by atoms with Crippen LogP contribution in [-0.2, 0) is 0 Å². The molecule has 3 heteroatoms. The highest BCUT2D eigenvalue weighted by Crippen LogP contribution is 2.27. The molecule has 0 spiro atoms. The van der Waals surface area contributed by atoms with Gasteiger partial charge in [0, 0.05) is 30.1 Å². The fourth-order valence-corrected chi connectivity index (χ4v) is 2.31. The number of aliphatic hydroxyl groups excluding tert-OH is 1. The van der Waals surface area contributed by atoms with Crippen molar-refractivity contribution in [1.29, 1.82) is 0 Å². The normalized spacial score (nSPS) is 20.6. The zero-order valence-corrected chi connectivity index (χ0v) is 9.00. The van der Waals surface area contributed by atoms with Crippen molar-refractivity contribution in [1.82, 2.24) is 4.98 Å². The number of nitrogens with zero attached hydrogens (tertiary/aromatic N) is 2.